The SMILES string of the molecule is CC(C)N(C(=O)C1CCCCC1)c1cc(F)c(Oc2ncc(COC3CCOC3)cc2C(F)(F)F)cc1C(=O)O. The highest BCUT2D eigenvalue weighted by Gasteiger charge is 2.37. The van der Waals surface area contributed by atoms with Gasteiger partial charge in [0.2, 0.25) is 11.8 Å². The number of alkyl halides is 3. The van der Waals surface area contributed by atoms with Crippen LogP contribution in [-0.2, 0) is 27.1 Å². The van der Waals surface area contributed by atoms with Gasteiger partial charge in [-0.15, -0.1) is 0 Å². The van der Waals surface area contributed by atoms with Crippen LogP contribution in [0.25, 0.3) is 0 Å². The number of anilines is 1. The standard InChI is InChI=1S/C28H32F4N2O6/c1-16(2)34(26(35)18-6-4-3-5-7-18)23-12-22(29)24(11-20(23)27(36)37)40-25-21(28(30,31)32)10-17(13-33-25)14-39-19-8-9-38-15-19/h10-13,16,18-19H,3-9,14-15H2,1-2H3,(H,36,37). The largest absolute Gasteiger partial charge is 0.478 e. The number of aromatic carboxylic acids is 1. The number of aromatic nitrogens is 1. The van der Waals surface area contributed by atoms with E-state index in [4.69, 9.17) is 14.2 Å². The fourth-order valence-electron chi connectivity index (χ4n) is 5.01. The lowest BCUT2D eigenvalue weighted by atomic mass is 9.87. The molecule has 4 rings (SSSR count). The molecule has 1 aromatic carbocycles. The molecule has 8 nitrogen and oxygen atoms in total. The number of amides is 1. The Bertz CT molecular complexity index is 1220. The van der Waals surface area contributed by atoms with E-state index in [1.165, 1.54) is 4.90 Å². The van der Waals surface area contributed by atoms with Crippen LogP contribution in [0, 0.1) is 11.7 Å². The third-order valence-corrected chi connectivity index (χ3v) is 7.04. The van der Waals surface area contributed by atoms with Crippen LogP contribution in [0.2, 0.25) is 0 Å². The lowest BCUT2D eigenvalue weighted by Gasteiger charge is -2.33. The van der Waals surface area contributed by atoms with Gasteiger partial charge in [0.15, 0.2) is 11.6 Å². The first-order valence-electron chi connectivity index (χ1n) is 13.3. The summed E-state index contributed by atoms with van der Waals surface area (Å²) in [4.78, 5) is 30.5. The number of rotatable bonds is 9. The van der Waals surface area contributed by atoms with Crippen LogP contribution in [0.3, 0.4) is 0 Å². The average molecular weight is 569 g/mol. The van der Waals surface area contributed by atoms with Gasteiger partial charge in [-0.05, 0) is 44.7 Å². The van der Waals surface area contributed by atoms with Crippen molar-refractivity contribution in [1.29, 1.82) is 0 Å². The van der Waals surface area contributed by atoms with E-state index in [2.05, 4.69) is 4.98 Å². The van der Waals surface area contributed by atoms with Gasteiger partial charge < -0.3 is 24.2 Å². The van der Waals surface area contributed by atoms with E-state index in [0.717, 1.165) is 43.7 Å². The minimum atomic E-state index is -4.90. The lowest BCUT2D eigenvalue weighted by molar-refractivity contribution is -0.139. The van der Waals surface area contributed by atoms with E-state index in [-0.39, 0.29) is 35.8 Å². The van der Waals surface area contributed by atoms with Gasteiger partial charge in [-0.2, -0.15) is 13.2 Å². The van der Waals surface area contributed by atoms with Crippen molar-refractivity contribution in [2.75, 3.05) is 18.1 Å². The van der Waals surface area contributed by atoms with Gasteiger partial charge in [0.25, 0.3) is 0 Å². The van der Waals surface area contributed by atoms with Gasteiger partial charge in [-0.3, -0.25) is 4.79 Å². The lowest BCUT2D eigenvalue weighted by Crippen LogP contribution is -2.42. The zero-order chi connectivity index (χ0) is 29.0. The highest BCUT2D eigenvalue weighted by molar-refractivity contribution is 6.03. The number of nitrogens with zero attached hydrogens (tertiary/aromatic N) is 2. The van der Waals surface area contributed by atoms with Crippen molar-refractivity contribution in [2.45, 2.75) is 77.3 Å². The molecule has 1 N–H and O–H groups in total. The van der Waals surface area contributed by atoms with Gasteiger partial charge in [0, 0.05) is 36.9 Å². The molecule has 1 atom stereocenters. The van der Waals surface area contributed by atoms with Crippen molar-refractivity contribution >= 4 is 17.6 Å². The third-order valence-electron chi connectivity index (χ3n) is 7.04. The molecule has 2 fully saturated rings. The molecule has 1 saturated heterocycles. The van der Waals surface area contributed by atoms with Crippen molar-refractivity contribution < 1.29 is 46.5 Å². The van der Waals surface area contributed by atoms with E-state index in [9.17, 15) is 27.9 Å². The summed E-state index contributed by atoms with van der Waals surface area (Å²) >= 11 is 0. The normalized spacial score (nSPS) is 18.2. The Labute approximate surface area is 229 Å². The molecule has 1 saturated carbocycles. The molecule has 2 heterocycles. The van der Waals surface area contributed by atoms with Crippen LogP contribution in [0.1, 0.15) is 73.9 Å². The van der Waals surface area contributed by atoms with Crippen LogP contribution in [-0.4, -0.2) is 47.3 Å². The van der Waals surface area contributed by atoms with Crippen molar-refractivity contribution in [3.05, 3.63) is 46.9 Å². The number of halogens is 4. The summed E-state index contributed by atoms with van der Waals surface area (Å²) < 4.78 is 73.0. The quantitative estimate of drug-likeness (QED) is 0.352. The van der Waals surface area contributed by atoms with Gasteiger partial charge >= 0.3 is 12.1 Å². The Morgan fingerprint density at radius 3 is 2.48 bits per heavy atom. The summed E-state index contributed by atoms with van der Waals surface area (Å²) in [6.45, 7) is 4.08. The topological polar surface area (TPSA) is 98.2 Å². The number of carbonyl (C=O) groups excluding carboxylic acids is 1. The Kier molecular flexibility index (Phi) is 9.29. The monoisotopic (exact) mass is 568 g/mol. The minimum absolute atomic E-state index is 0.127. The molecule has 1 aliphatic heterocycles. The van der Waals surface area contributed by atoms with Gasteiger partial charge in [0.1, 0.15) is 5.56 Å². The number of carbonyl (C=O) groups is 2. The molecule has 2 aliphatic rings. The Morgan fingerprint density at radius 1 is 1.15 bits per heavy atom. The fraction of sp³-hybridized carbons (Fsp3) is 0.536. The Morgan fingerprint density at radius 2 is 1.88 bits per heavy atom. The maximum Gasteiger partial charge on any atom is 0.421 e. The predicted molar refractivity (Wildman–Crippen MR) is 136 cm³/mol. The first-order valence-corrected chi connectivity index (χ1v) is 13.3. The first kappa shape index (κ1) is 29.7. The van der Waals surface area contributed by atoms with Crippen molar-refractivity contribution in [2.24, 2.45) is 5.92 Å². The summed E-state index contributed by atoms with van der Waals surface area (Å²) in [7, 11) is 0. The summed E-state index contributed by atoms with van der Waals surface area (Å²) in [6, 6.07) is 1.91. The van der Waals surface area contributed by atoms with Crippen LogP contribution in [0.4, 0.5) is 23.2 Å². The molecule has 1 aliphatic carbocycles. The second-order valence-electron chi connectivity index (χ2n) is 10.3. The zero-order valence-electron chi connectivity index (χ0n) is 22.3. The molecule has 218 valence electrons. The number of ether oxygens (including phenoxy) is 3. The third kappa shape index (κ3) is 6.90. The number of benzene rings is 1. The van der Waals surface area contributed by atoms with E-state index in [1.54, 1.807) is 13.8 Å². The van der Waals surface area contributed by atoms with Gasteiger partial charge in [-0.25, -0.2) is 14.2 Å². The average Bonchev–Trinajstić information content (AvgIpc) is 3.43. The summed E-state index contributed by atoms with van der Waals surface area (Å²) in [5.41, 5.74) is -1.81. The number of hydrogen-bond donors (Lipinski definition) is 1. The molecule has 2 aromatic rings. The Balaban J connectivity index is 1.65. The molecule has 1 unspecified atom stereocenters. The number of carboxylic acids is 1. The molecule has 12 heteroatoms. The molecule has 0 spiro atoms. The summed E-state index contributed by atoms with van der Waals surface area (Å²) in [5, 5.41) is 9.90. The van der Waals surface area contributed by atoms with Crippen molar-refractivity contribution in [3.63, 3.8) is 0 Å². The van der Waals surface area contributed by atoms with Crippen LogP contribution in [0.15, 0.2) is 24.4 Å². The van der Waals surface area contributed by atoms with Crippen LogP contribution in [0.5, 0.6) is 11.6 Å². The summed E-state index contributed by atoms with van der Waals surface area (Å²) in [6.07, 6.45) is 0.642. The highest BCUT2D eigenvalue weighted by Crippen LogP contribution is 2.40. The molecule has 1 amide bonds. The number of carboxylic acid groups (broad SMARTS) is 1. The second-order valence-corrected chi connectivity index (χ2v) is 10.3. The smallest absolute Gasteiger partial charge is 0.421 e. The Hall–Kier alpha value is -3.25. The van der Waals surface area contributed by atoms with Gasteiger partial charge in [-0.1, -0.05) is 19.3 Å². The van der Waals surface area contributed by atoms with Crippen LogP contribution < -0.4 is 9.64 Å². The van der Waals surface area contributed by atoms with E-state index in [1.807, 2.05) is 0 Å². The van der Waals surface area contributed by atoms with Gasteiger partial charge in [0.05, 0.1) is 30.6 Å². The molecule has 0 bridgehead atoms. The molecular weight excluding hydrogens is 536 g/mol. The number of hydrogen-bond acceptors (Lipinski definition) is 6. The zero-order valence-corrected chi connectivity index (χ0v) is 22.3. The van der Waals surface area contributed by atoms with E-state index >= 15 is 4.39 Å². The van der Waals surface area contributed by atoms with Crippen molar-refractivity contribution in [1.82, 2.24) is 4.98 Å². The van der Waals surface area contributed by atoms with E-state index < -0.39 is 46.8 Å². The fourth-order valence-corrected chi connectivity index (χ4v) is 5.01. The predicted octanol–water partition coefficient (Wildman–Crippen LogP) is 6.36. The summed E-state index contributed by atoms with van der Waals surface area (Å²) in [5.74, 6) is -4.96. The number of pyridine rings is 1. The van der Waals surface area contributed by atoms with Crippen molar-refractivity contribution in [3.8, 4) is 11.6 Å². The molecule has 0 radical (unpaired) electrons. The molecule has 1 aromatic heterocycles. The maximum atomic E-state index is 15.3. The van der Waals surface area contributed by atoms with E-state index in [0.29, 0.717) is 32.5 Å². The maximum absolute atomic E-state index is 15.3. The second kappa shape index (κ2) is 12.5. The van der Waals surface area contributed by atoms with Crippen LogP contribution >= 0.6 is 0 Å². The molecule has 40 heavy (non-hydrogen) atoms. The first-order chi connectivity index (χ1) is 19.0. The minimum Gasteiger partial charge on any atom is -0.478 e. The highest BCUT2D eigenvalue weighted by atomic mass is 19.4. The molecular formula is C28H32F4N2O6.